The molecule has 1 N–H and O–H groups in total. The Bertz CT molecular complexity index is 450. The second-order valence-corrected chi connectivity index (χ2v) is 4.71. The van der Waals surface area contributed by atoms with Gasteiger partial charge >= 0.3 is 0 Å². The molecule has 0 radical (unpaired) electrons. The van der Waals surface area contributed by atoms with E-state index in [9.17, 15) is 9.18 Å². The highest BCUT2D eigenvalue weighted by Crippen LogP contribution is 2.20. The first-order valence-electron chi connectivity index (χ1n) is 6.11. The van der Waals surface area contributed by atoms with Gasteiger partial charge in [-0.2, -0.15) is 0 Å². The summed E-state index contributed by atoms with van der Waals surface area (Å²) in [5, 5.41) is 2.69. The molecule has 19 heavy (non-hydrogen) atoms. The van der Waals surface area contributed by atoms with Crippen LogP contribution in [0.2, 0.25) is 5.02 Å². The van der Waals surface area contributed by atoms with Gasteiger partial charge in [-0.25, -0.2) is 4.39 Å². The van der Waals surface area contributed by atoms with Crippen LogP contribution in [0.5, 0.6) is 5.75 Å². The largest absolute Gasteiger partial charge is 0.484 e. The summed E-state index contributed by atoms with van der Waals surface area (Å²) in [6.45, 7) is 1.12. The van der Waals surface area contributed by atoms with E-state index in [1.54, 1.807) is 0 Å². The van der Waals surface area contributed by atoms with Crippen molar-refractivity contribution in [2.24, 2.45) is 0 Å². The second-order valence-electron chi connectivity index (χ2n) is 4.30. The van der Waals surface area contributed by atoms with Crippen molar-refractivity contribution in [1.29, 1.82) is 0 Å². The van der Waals surface area contributed by atoms with E-state index in [1.165, 1.54) is 18.2 Å². The second kappa shape index (κ2) is 6.73. The van der Waals surface area contributed by atoms with Crippen molar-refractivity contribution in [2.75, 3.05) is 19.8 Å². The van der Waals surface area contributed by atoms with Crippen molar-refractivity contribution in [3.63, 3.8) is 0 Å². The molecule has 1 saturated heterocycles. The van der Waals surface area contributed by atoms with E-state index in [2.05, 4.69) is 5.32 Å². The number of hydrogen-bond donors (Lipinski definition) is 1. The van der Waals surface area contributed by atoms with Crippen LogP contribution in [0.3, 0.4) is 0 Å². The van der Waals surface area contributed by atoms with Gasteiger partial charge in [-0.15, -0.1) is 0 Å². The van der Waals surface area contributed by atoms with Gasteiger partial charge in [0.05, 0.1) is 11.1 Å². The van der Waals surface area contributed by atoms with E-state index in [0.29, 0.717) is 12.3 Å². The Balaban J connectivity index is 1.71. The predicted molar refractivity (Wildman–Crippen MR) is 68.9 cm³/mol. The summed E-state index contributed by atoms with van der Waals surface area (Å²) in [5.74, 6) is -0.397. The Hall–Kier alpha value is -1.33. The summed E-state index contributed by atoms with van der Waals surface area (Å²) in [6.07, 6.45) is 2.10. The molecule has 104 valence electrons. The van der Waals surface area contributed by atoms with Gasteiger partial charge < -0.3 is 14.8 Å². The molecule has 0 bridgehead atoms. The van der Waals surface area contributed by atoms with Gasteiger partial charge in [0.15, 0.2) is 6.61 Å². The van der Waals surface area contributed by atoms with E-state index in [-0.39, 0.29) is 23.6 Å². The van der Waals surface area contributed by atoms with Crippen molar-refractivity contribution < 1.29 is 18.7 Å². The van der Waals surface area contributed by atoms with Gasteiger partial charge in [0.2, 0.25) is 0 Å². The van der Waals surface area contributed by atoms with Crippen molar-refractivity contribution in [1.82, 2.24) is 5.32 Å². The molecule has 0 spiro atoms. The molecule has 1 fully saturated rings. The average Bonchev–Trinajstić information content (AvgIpc) is 2.91. The number of halogens is 2. The van der Waals surface area contributed by atoms with Crippen LogP contribution in [-0.2, 0) is 9.53 Å². The van der Waals surface area contributed by atoms with Crippen molar-refractivity contribution in [2.45, 2.75) is 18.9 Å². The minimum Gasteiger partial charge on any atom is -0.484 e. The maximum absolute atomic E-state index is 12.9. The van der Waals surface area contributed by atoms with Gasteiger partial charge in [0.25, 0.3) is 5.91 Å². The van der Waals surface area contributed by atoms with Crippen LogP contribution >= 0.6 is 11.6 Å². The fraction of sp³-hybridized carbons (Fsp3) is 0.462. The molecule has 2 rings (SSSR count). The normalized spacial score (nSPS) is 18.3. The molecule has 0 aliphatic carbocycles. The lowest BCUT2D eigenvalue weighted by Crippen LogP contribution is -2.35. The Morgan fingerprint density at radius 2 is 2.42 bits per heavy atom. The van der Waals surface area contributed by atoms with E-state index in [1.807, 2.05) is 0 Å². The summed E-state index contributed by atoms with van der Waals surface area (Å²) in [4.78, 5) is 11.5. The van der Waals surface area contributed by atoms with Crippen LogP contribution in [0.25, 0.3) is 0 Å². The lowest BCUT2D eigenvalue weighted by atomic mass is 10.2. The zero-order valence-electron chi connectivity index (χ0n) is 10.3. The van der Waals surface area contributed by atoms with Gasteiger partial charge in [0.1, 0.15) is 11.6 Å². The molecule has 1 aliphatic rings. The molecule has 0 aromatic heterocycles. The molecule has 6 heteroatoms. The first-order valence-corrected chi connectivity index (χ1v) is 6.49. The van der Waals surface area contributed by atoms with Crippen LogP contribution in [-0.4, -0.2) is 31.8 Å². The first kappa shape index (κ1) is 14.1. The zero-order chi connectivity index (χ0) is 13.7. The van der Waals surface area contributed by atoms with Crippen LogP contribution in [0.1, 0.15) is 12.8 Å². The van der Waals surface area contributed by atoms with E-state index < -0.39 is 5.82 Å². The summed E-state index contributed by atoms with van der Waals surface area (Å²) in [7, 11) is 0. The number of benzene rings is 1. The van der Waals surface area contributed by atoms with E-state index >= 15 is 0 Å². The zero-order valence-corrected chi connectivity index (χ0v) is 11.1. The van der Waals surface area contributed by atoms with Crippen LogP contribution in [0.15, 0.2) is 18.2 Å². The highest BCUT2D eigenvalue weighted by Gasteiger charge is 2.16. The SMILES string of the molecule is O=C(COc1ccc(F)c(Cl)c1)NC[C@@H]1CCCO1. The molecule has 1 amide bonds. The number of nitrogens with one attached hydrogen (secondary N) is 1. The third-order valence-electron chi connectivity index (χ3n) is 2.81. The van der Waals surface area contributed by atoms with Gasteiger partial charge in [-0.3, -0.25) is 4.79 Å². The Morgan fingerprint density at radius 1 is 1.58 bits per heavy atom. The molecular weight excluding hydrogens is 273 g/mol. The number of hydrogen-bond acceptors (Lipinski definition) is 3. The minimum atomic E-state index is -0.517. The van der Waals surface area contributed by atoms with E-state index in [4.69, 9.17) is 21.1 Å². The predicted octanol–water partition coefficient (Wildman–Crippen LogP) is 2.15. The summed E-state index contributed by atoms with van der Waals surface area (Å²) >= 11 is 5.60. The molecule has 1 heterocycles. The van der Waals surface area contributed by atoms with Crippen LogP contribution in [0, 0.1) is 5.82 Å². The molecule has 1 atom stereocenters. The fourth-order valence-corrected chi connectivity index (χ4v) is 1.97. The molecule has 0 unspecified atom stereocenters. The smallest absolute Gasteiger partial charge is 0.258 e. The number of amides is 1. The van der Waals surface area contributed by atoms with Crippen LogP contribution in [0.4, 0.5) is 4.39 Å². The molecule has 1 aliphatic heterocycles. The van der Waals surface area contributed by atoms with Gasteiger partial charge in [-0.1, -0.05) is 11.6 Å². The van der Waals surface area contributed by atoms with Crippen molar-refractivity contribution >= 4 is 17.5 Å². The molecule has 1 aromatic carbocycles. The van der Waals surface area contributed by atoms with Crippen molar-refractivity contribution in [3.8, 4) is 5.75 Å². The molecular formula is C13H15ClFNO3. The average molecular weight is 288 g/mol. The van der Waals surface area contributed by atoms with Crippen molar-refractivity contribution in [3.05, 3.63) is 29.0 Å². The molecule has 0 saturated carbocycles. The maximum atomic E-state index is 12.9. The minimum absolute atomic E-state index is 0.0303. The Morgan fingerprint density at radius 3 is 3.11 bits per heavy atom. The van der Waals surface area contributed by atoms with E-state index in [0.717, 1.165) is 19.4 Å². The standard InChI is InChI=1S/C13H15ClFNO3/c14-11-6-9(3-4-12(11)15)19-8-13(17)16-7-10-2-1-5-18-10/h3-4,6,10H,1-2,5,7-8H2,(H,16,17)/t10-/m0/s1. The lowest BCUT2D eigenvalue weighted by molar-refractivity contribution is -0.123. The van der Waals surface area contributed by atoms with Crippen LogP contribution < -0.4 is 10.1 Å². The Kier molecular flexibility index (Phi) is 4.99. The highest BCUT2D eigenvalue weighted by molar-refractivity contribution is 6.30. The fourth-order valence-electron chi connectivity index (χ4n) is 1.80. The topological polar surface area (TPSA) is 47.6 Å². The number of carbonyl (C=O) groups excluding carboxylic acids is 1. The Labute approximate surface area is 115 Å². The molecule has 4 nitrogen and oxygen atoms in total. The lowest BCUT2D eigenvalue weighted by Gasteiger charge is -2.11. The third kappa shape index (κ3) is 4.36. The first-order chi connectivity index (χ1) is 9.15. The summed E-state index contributed by atoms with van der Waals surface area (Å²) < 4.78 is 23.5. The highest BCUT2D eigenvalue weighted by atomic mass is 35.5. The van der Waals surface area contributed by atoms with Gasteiger partial charge in [-0.05, 0) is 25.0 Å². The third-order valence-corrected chi connectivity index (χ3v) is 3.10. The number of ether oxygens (including phenoxy) is 2. The summed E-state index contributed by atoms with van der Waals surface area (Å²) in [5.41, 5.74) is 0. The summed E-state index contributed by atoms with van der Waals surface area (Å²) in [6, 6.07) is 3.96. The van der Waals surface area contributed by atoms with Gasteiger partial charge in [0, 0.05) is 19.2 Å². The molecule has 1 aromatic rings. The number of rotatable bonds is 5. The quantitative estimate of drug-likeness (QED) is 0.903. The monoisotopic (exact) mass is 287 g/mol. The number of carbonyl (C=O) groups is 1. The maximum Gasteiger partial charge on any atom is 0.258 e.